The van der Waals surface area contributed by atoms with Gasteiger partial charge in [0.15, 0.2) is 5.82 Å². The second-order valence-corrected chi connectivity index (χ2v) is 20.5. The number of carbonyl (C=O) groups is 1. The largest absolute Gasteiger partial charge is 0.476 e. The van der Waals surface area contributed by atoms with Crippen molar-refractivity contribution in [3.05, 3.63) is 54.2 Å². The molecule has 2 aromatic heterocycles. The molecule has 0 aliphatic carbocycles. The highest BCUT2D eigenvalue weighted by Gasteiger charge is 2.48. The van der Waals surface area contributed by atoms with Gasteiger partial charge in [-0.05, 0) is 64.3 Å². The Morgan fingerprint density at radius 3 is 2.41 bits per heavy atom. The van der Waals surface area contributed by atoms with Crippen molar-refractivity contribution >= 4 is 35.0 Å². The second kappa shape index (κ2) is 11.5. The summed E-state index contributed by atoms with van der Waals surface area (Å²) in [6.07, 6.45) is -2.14. The van der Waals surface area contributed by atoms with Gasteiger partial charge in [-0.1, -0.05) is 43.9 Å². The number of alkyl halides is 3. The molecule has 1 aliphatic rings. The Hall–Kier alpha value is -3.39. The number of ether oxygens (including phenoxy) is 1. The predicted molar refractivity (Wildman–Crippen MR) is 166 cm³/mol. The molecular formula is C30H40F3N5O4SSi. The number of amides is 1. The van der Waals surface area contributed by atoms with E-state index in [2.05, 4.69) is 36.4 Å². The fourth-order valence-corrected chi connectivity index (χ4v) is 7.42. The van der Waals surface area contributed by atoms with E-state index in [0.717, 1.165) is 25.5 Å². The molecule has 240 valence electrons. The van der Waals surface area contributed by atoms with Crippen LogP contribution in [0.2, 0.25) is 19.6 Å². The summed E-state index contributed by atoms with van der Waals surface area (Å²) in [5.41, 5.74) is -2.41. The van der Waals surface area contributed by atoms with Crippen molar-refractivity contribution in [3.63, 3.8) is 0 Å². The van der Waals surface area contributed by atoms with Crippen LogP contribution in [0.15, 0.2) is 53.6 Å². The van der Waals surface area contributed by atoms with Crippen molar-refractivity contribution in [3.8, 4) is 11.7 Å². The van der Waals surface area contributed by atoms with E-state index in [-0.39, 0.29) is 33.9 Å². The molecule has 1 aromatic carbocycles. The monoisotopic (exact) mass is 651 g/mol. The van der Waals surface area contributed by atoms with Crippen molar-refractivity contribution in [2.75, 3.05) is 18.1 Å². The van der Waals surface area contributed by atoms with Gasteiger partial charge in [0.2, 0.25) is 5.88 Å². The van der Waals surface area contributed by atoms with Crippen LogP contribution in [0.25, 0.3) is 5.82 Å². The number of nitrogens with zero attached hydrogens (tertiary/aromatic N) is 4. The van der Waals surface area contributed by atoms with Crippen molar-refractivity contribution in [2.24, 2.45) is 11.3 Å². The van der Waals surface area contributed by atoms with E-state index in [1.807, 2.05) is 24.8 Å². The lowest BCUT2D eigenvalue weighted by Crippen LogP contribution is -2.41. The molecule has 0 saturated carbocycles. The molecule has 3 heterocycles. The summed E-state index contributed by atoms with van der Waals surface area (Å²) in [5, 5.41) is 5.18. The number of rotatable bonds is 9. The first kappa shape index (κ1) is 33.5. The van der Waals surface area contributed by atoms with Gasteiger partial charge in [-0.2, -0.15) is 13.2 Å². The van der Waals surface area contributed by atoms with Crippen molar-refractivity contribution < 1.29 is 31.1 Å². The predicted octanol–water partition coefficient (Wildman–Crippen LogP) is 5.52. The SMILES string of the molecule is C[C@@H]1CN(c2nc(-n3ccc(OCC(C)(C)C(F)(F)F)n3)ccc2C(=O)NS(=O)(=O)c2cccc([Si](C)(C)C)c2)C(C)(C)C1. The quantitative estimate of drug-likeness (QED) is 0.304. The van der Waals surface area contributed by atoms with Gasteiger partial charge in [-0.25, -0.2) is 22.8 Å². The summed E-state index contributed by atoms with van der Waals surface area (Å²) in [7, 11) is -6.01. The number of hydrogen-bond donors (Lipinski definition) is 1. The Labute approximate surface area is 257 Å². The molecule has 1 N–H and O–H groups in total. The van der Waals surface area contributed by atoms with Crippen LogP contribution in [0.3, 0.4) is 0 Å². The van der Waals surface area contributed by atoms with E-state index < -0.39 is 47.7 Å². The van der Waals surface area contributed by atoms with E-state index in [1.165, 1.54) is 35.1 Å². The number of pyridine rings is 1. The maximum absolute atomic E-state index is 13.6. The molecule has 0 radical (unpaired) electrons. The number of halogens is 3. The molecular weight excluding hydrogens is 612 g/mol. The number of anilines is 1. The molecule has 1 fully saturated rings. The average molecular weight is 652 g/mol. The minimum Gasteiger partial charge on any atom is -0.476 e. The first-order valence-electron chi connectivity index (χ1n) is 14.3. The average Bonchev–Trinajstić information content (AvgIpc) is 3.48. The van der Waals surface area contributed by atoms with Crippen LogP contribution in [0, 0.1) is 11.3 Å². The van der Waals surface area contributed by atoms with Crippen molar-refractivity contribution in [1.29, 1.82) is 0 Å². The standard InChI is InChI=1S/C30H40F3N5O4SSi/c1-20-17-29(4,5)37(18-20)26-23(27(39)36-43(40,41)21-10-9-11-22(16-21)44(6,7)8)12-13-24(34-26)38-15-14-25(35-38)42-19-28(2,3)30(31,32)33/h9-16,20H,17-19H2,1-8H3,(H,36,39)/t20-/m0/s1. The van der Waals surface area contributed by atoms with E-state index in [4.69, 9.17) is 9.72 Å². The lowest BCUT2D eigenvalue weighted by molar-refractivity contribution is -0.219. The van der Waals surface area contributed by atoms with Crippen molar-refractivity contribution in [1.82, 2.24) is 19.5 Å². The molecule has 4 rings (SSSR count). The molecule has 1 amide bonds. The van der Waals surface area contributed by atoms with Crippen LogP contribution in [0.5, 0.6) is 5.88 Å². The third-order valence-electron chi connectivity index (χ3n) is 7.82. The van der Waals surface area contributed by atoms with E-state index in [9.17, 15) is 26.4 Å². The van der Waals surface area contributed by atoms with Crippen LogP contribution < -0.4 is 19.5 Å². The minimum absolute atomic E-state index is 0.00444. The fourth-order valence-electron chi connectivity index (χ4n) is 5.12. The van der Waals surface area contributed by atoms with Crippen molar-refractivity contribution in [2.45, 2.75) is 77.3 Å². The maximum atomic E-state index is 13.6. The number of sulfonamides is 1. The zero-order chi connectivity index (χ0) is 32.9. The molecule has 0 unspecified atom stereocenters. The zero-order valence-electron chi connectivity index (χ0n) is 26.3. The summed E-state index contributed by atoms with van der Waals surface area (Å²) in [6, 6.07) is 11.1. The van der Waals surface area contributed by atoms with Crippen LogP contribution in [0.1, 0.15) is 51.4 Å². The highest BCUT2D eigenvalue weighted by atomic mass is 32.2. The summed E-state index contributed by atoms with van der Waals surface area (Å²) >= 11 is 0. The highest BCUT2D eigenvalue weighted by molar-refractivity contribution is 7.90. The van der Waals surface area contributed by atoms with Crippen LogP contribution >= 0.6 is 0 Å². The first-order chi connectivity index (χ1) is 20.1. The number of aromatic nitrogens is 3. The Bertz CT molecular complexity index is 1650. The van der Waals surface area contributed by atoms with E-state index >= 15 is 0 Å². The van der Waals surface area contributed by atoms with E-state index in [0.29, 0.717) is 6.54 Å². The number of hydrogen-bond acceptors (Lipinski definition) is 7. The van der Waals surface area contributed by atoms with Gasteiger partial charge in [0.25, 0.3) is 15.9 Å². The van der Waals surface area contributed by atoms with Crippen LogP contribution in [0.4, 0.5) is 19.0 Å². The zero-order valence-corrected chi connectivity index (χ0v) is 28.1. The van der Waals surface area contributed by atoms with Gasteiger partial charge in [-0.15, -0.1) is 5.10 Å². The summed E-state index contributed by atoms with van der Waals surface area (Å²) < 4.78 is 75.4. The van der Waals surface area contributed by atoms with Gasteiger partial charge in [0, 0.05) is 24.3 Å². The smallest absolute Gasteiger partial charge is 0.397 e. The van der Waals surface area contributed by atoms with Gasteiger partial charge < -0.3 is 9.64 Å². The summed E-state index contributed by atoms with van der Waals surface area (Å²) in [4.78, 5) is 20.3. The minimum atomic E-state index is -4.45. The highest BCUT2D eigenvalue weighted by Crippen LogP contribution is 2.39. The number of nitrogens with one attached hydrogen (secondary N) is 1. The van der Waals surface area contributed by atoms with Crippen LogP contribution in [-0.2, 0) is 10.0 Å². The van der Waals surface area contributed by atoms with Gasteiger partial charge in [-0.3, -0.25) is 4.79 Å². The Morgan fingerprint density at radius 1 is 1.14 bits per heavy atom. The van der Waals surface area contributed by atoms with Gasteiger partial charge >= 0.3 is 6.18 Å². The molecule has 3 aromatic rings. The Balaban J connectivity index is 1.68. The van der Waals surface area contributed by atoms with Gasteiger partial charge in [0.05, 0.1) is 23.9 Å². The molecule has 1 atom stereocenters. The number of carbonyl (C=O) groups excluding carboxylic acids is 1. The summed E-state index contributed by atoms with van der Waals surface area (Å²) in [6.45, 7) is 14.5. The fraction of sp³-hybridized carbons (Fsp3) is 0.500. The maximum Gasteiger partial charge on any atom is 0.397 e. The van der Waals surface area contributed by atoms with Crippen LogP contribution in [-0.4, -0.2) is 62.0 Å². The first-order valence-corrected chi connectivity index (χ1v) is 19.3. The van der Waals surface area contributed by atoms with Gasteiger partial charge in [0.1, 0.15) is 12.4 Å². The molecule has 1 aliphatic heterocycles. The normalized spacial score (nSPS) is 17.5. The third-order valence-corrected chi connectivity index (χ3v) is 11.2. The lowest BCUT2D eigenvalue weighted by Gasteiger charge is -2.34. The molecule has 0 bridgehead atoms. The molecule has 9 nitrogen and oxygen atoms in total. The Kier molecular flexibility index (Phi) is 8.77. The molecule has 14 heteroatoms. The lowest BCUT2D eigenvalue weighted by atomic mass is 9.94. The summed E-state index contributed by atoms with van der Waals surface area (Å²) in [5.74, 6) is -0.0128. The molecule has 1 saturated heterocycles. The topological polar surface area (TPSA) is 106 Å². The molecule has 0 spiro atoms. The van der Waals surface area contributed by atoms with E-state index in [1.54, 1.807) is 12.1 Å². The third kappa shape index (κ3) is 7.11. The Morgan fingerprint density at radius 2 is 1.82 bits per heavy atom. The second-order valence-electron chi connectivity index (χ2n) is 13.8. The number of benzene rings is 1. The molecule has 44 heavy (non-hydrogen) atoms.